The fourth-order valence-electron chi connectivity index (χ4n) is 5.11. The maximum absolute atomic E-state index is 12.6. The first-order valence-electron chi connectivity index (χ1n) is 10.7. The standard InChI is InChI=1S/C21H24Cl2N4O3S/c1-9-13(22)14(23)17(24-9)19(28)25-16-11-7-27(8-12(11)16)21-26-15(18(31-21)20(29)30)10-5-3-2-4-6-10/h10-12,16,24H,2-8H2,1H3,(H,25,28)(H,29,30)/t11-,12?,16?/m1/s1. The van der Waals surface area contributed by atoms with E-state index in [9.17, 15) is 14.7 Å². The van der Waals surface area contributed by atoms with E-state index in [4.69, 9.17) is 28.2 Å². The van der Waals surface area contributed by atoms with Crippen molar-refractivity contribution in [2.45, 2.75) is 51.0 Å². The Morgan fingerprint density at radius 1 is 1.16 bits per heavy atom. The second-order valence-electron chi connectivity index (χ2n) is 8.84. The van der Waals surface area contributed by atoms with Crippen LogP contribution in [0.15, 0.2) is 0 Å². The number of rotatable bonds is 5. The van der Waals surface area contributed by atoms with Crippen LogP contribution in [0, 0.1) is 18.8 Å². The van der Waals surface area contributed by atoms with Crippen molar-refractivity contribution >= 4 is 51.5 Å². The third-order valence-corrected chi connectivity index (χ3v) is 8.94. The number of hydrogen-bond acceptors (Lipinski definition) is 5. The number of amides is 1. The molecular formula is C21H24Cl2N4O3S. The van der Waals surface area contributed by atoms with Gasteiger partial charge in [-0.3, -0.25) is 4.79 Å². The molecule has 3 heterocycles. The van der Waals surface area contributed by atoms with Gasteiger partial charge in [-0.2, -0.15) is 0 Å². The fourth-order valence-corrected chi connectivity index (χ4v) is 6.54. The number of piperidine rings is 1. The third kappa shape index (κ3) is 3.72. The summed E-state index contributed by atoms with van der Waals surface area (Å²) in [5.41, 5.74) is 1.74. The van der Waals surface area contributed by atoms with E-state index in [2.05, 4.69) is 15.2 Å². The summed E-state index contributed by atoms with van der Waals surface area (Å²) in [5, 5.41) is 14.2. The number of anilines is 1. The number of thiazole rings is 1. The van der Waals surface area contributed by atoms with E-state index >= 15 is 0 Å². The molecule has 3 atom stereocenters. The highest BCUT2D eigenvalue weighted by atomic mass is 35.5. The highest BCUT2D eigenvalue weighted by Gasteiger charge is 2.57. The first kappa shape index (κ1) is 21.1. The van der Waals surface area contributed by atoms with Crippen LogP contribution in [0.1, 0.15) is 69.6 Å². The highest BCUT2D eigenvalue weighted by Crippen LogP contribution is 2.48. The SMILES string of the molecule is Cc1[nH]c(C(=O)NC2C3CN(c4nc(C5CCCCC5)c(C(=O)O)s4)C[C@H]32)c(Cl)c1Cl. The number of aryl methyl sites for hydroxylation is 1. The van der Waals surface area contributed by atoms with Crippen LogP contribution < -0.4 is 10.2 Å². The van der Waals surface area contributed by atoms with Gasteiger partial charge in [0, 0.05) is 42.6 Å². The minimum Gasteiger partial charge on any atom is -0.477 e. The Bertz CT molecular complexity index is 1030. The summed E-state index contributed by atoms with van der Waals surface area (Å²) in [5.74, 6) is -0.187. The summed E-state index contributed by atoms with van der Waals surface area (Å²) in [6, 6.07) is 0.0962. The number of carbonyl (C=O) groups excluding carboxylic acids is 1. The van der Waals surface area contributed by atoms with E-state index in [1.54, 1.807) is 6.92 Å². The minimum absolute atomic E-state index is 0.0962. The third-order valence-electron chi connectivity index (χ3n) is 6.87. The van der Waals surface area contributed by atoms with Crippen LogP contribution in [-0.2, 0) is 0 Å². The van der Waals surface area contributed by atoms with Crippen LogP contribution in [0.2, 0.25) is 10.0 Å². The lowest BCUT2D eigenvalue weighted by atomic mass is 9.86. The molecule has 10 heteroatoms. The first-order valence-corrected chi connectivity index (χ1v) is 12.3. The van der Waals surface area contributed by atoms with Crippen molar-refractivity contribution in [2.75, 3.05) is 18.0 Å². The molecule has 1 aliphatic heterocycles. The number of nitrogens with one attached hydrogen (secondary N) is 2. The zero-order valence-corrected chi connectivity index (χ0v) is 19.4. The Morgan fingerprint density at radius 2 is 1.84 bits per heavy atom. The van der Waals surface area contributed by atoms with Crippen molar-refractivity contribution < 1.29 is 14.7 Å². The van der Waals surface area contributed by atoms with E-state index in [0.717, 1.165) is 49.6 Å². The topological polar surface area (TPSA) is 98.3 Å². The van der Waals surface area contributed by atoms with Crippen molar-refractivity contribution in [2.24, 2.45) is 11.8 Å². The van der Waals surface area contributed by atoms with E-state index in [1.165, 1.54) is 17.8 Å². The number of H-pyrrole nitrogens is 1. The molecule has 7 nitrogen and oxygen atoms in total. The van der Waals surface area contributed by atoms with Crippen molar-refractivity contribution in [3.8, 4) is 0 Å². The molecule has 3 fully saturated rings. The Kier molecular flexibility index (Phi) is 5.43. The molecule has 166 valence electrons. The number of aromatic carboxylic acids is 1. The lowest BCUT2D eigenvalue weighted by Gasteiger charge is -2.21. The molecule has 2 aliphatic carbocycles. The molecular weight excluding hydrogens is 459 g/mol. The largest absolute Gasteiger partial charge is 0.477 e. The van der Waals surface area contributed by atoms with Crippen molar-refractivity contribution in [1.29, 1.82) is 0 Å². The predicted octanol–water partition coefficient (Wildman–Crippen LogP) is 4.70. The second-order valence-corrected chi connectivity index (χ2v) is 10.6. The number of aromatic nitrogens is 2. The van der Waals surface area contributed by atoms with Gasteiger partial charge in [-0.05, 0) is 19.8 Å². The van der Waals surface area contributed by atoms with Crippen molar-refractivity contribution in [3.63, 3.8) is 0 Å². The van der Waals surface area contributed by atoms with E-state index in [-0.39, 0.29) is 22.9 Å². The fraction of sp³-hybridized carbons (Fsp3) is 0.571. The van der Waals surface area contributed by atoms with Crippen LogP contribution in [0.5, 0.6) is 0 Å². The molecule has 3 aliphatic rings. The maximum Gasteiger partial charge on any atom is 0.347 e. The molecule has 2 saturated carbocycles. The lowest BCUT2D eigenvalue weighted by molar-refractivity contribution is 0.0699. The predicted molar refractivity (Wildman–Crippen MR) is 121 cm³/mol. The average Bonchev–Trinajstić information content (AvgIpc) is 3.16. The Hall–Kier alpha value is -1.77. The molecule has 2 aromatic heterocycles. The van der Waals surface area contributed by atoms with Gasteiger partial charge >= 0.3 is 5.97 Å². The Labute approximate surface area is 194 Å². The number of halogens is 2. The van der Waals surface area contributed by atoms with Gasteiger partial charge in [0.1, 0.15) is 10.6 Å². The summed E-state index contributed by atoms with van der Waals surface area (Å²) in [6.45, 7) is 3.31. The number of aromatic amines is 1. The quantitative estimate of drug-likeness (QED) is 0.573. The van der Waals surface area contributed by atoms with Gasteiger partial charge in [0.25, 0.3) is 5.91 Å². The van der Waals surface area contributed by atoms with Gasteiger partial charge in [0.15, 0.2) is 5.13 Å². The van der Waals surface area contributed by atoms with Crippen LogP contribution in [0.25, 0.3) is 0 Å². The second kappa shape index (κ2) is 7.98. The number of carboxylic acid groups (broad SMARTS) is 1. The number of hydrogen-bond donors (Lipinski definition) is 3. The van der Waals surface area contributed by atoms with Gasteiger partial charge < -0.3 is 20.3 Å². The first-order chi connectivity index (χ1) is 14.8. The number of nitrogens with zero attached hydrogens (tertiary/aromatic N) is 2. The monoisotopic (exact) mass is 482 g/mol. The summed E-state index contributed by atoms with van der Waals surface area (Å²) in [6.07, 6.45) is 5.54. The molecule has 2 aromatic rings. The summed E-state index contributed by atoms with van der Waals surface area (Å²) in [4.78, 5) is 34.7. The van der Waals surface area contributed by atoms with Crippen LogP contribution in [0.3, 0.4) is 0 Å². The van der Waals surface area contributed by atoms with Gasteiger partial charge in [-0.25, -0.2) is 9.78 Å². The maximum atomic E-state index is 12.6. The zero-order valence-electron chi connectivity index (χ0n) is 17.1. The zero-order chi connectivity index (χ0) is 21.9. The van der Waals surface area contributed by atoms with Crippen LogP contribution in [-0.4, -0.2) is 46.1 Å². The molecule has 3 N–H and O–H groups in total. The normalized spacial score (nSPS) is 25.5. The molecule has 2 unspecified atom stereocenters. The molecule has 1 saturated heterocycles. The lowest BCUT2D eigenvalue weighted by Crippen LogP contribution is -2.34. The van der Waals surface area contributed by atoms with Crippen LogP contribution >= 0.6 is 34.5 Å². The molecule has 0 aromatic carbocycles. The molecule has 31 heavy (non-hydrogen) atoms. The average molecular weight is 483 g/mol. The minimum atomic E-state index is -0.879. The van der Waals surface area contributed by atoms with Gasteiger partial charge in [0.2, 0.25) is 0 Å². The Balaban J connectivity index is 1.24. The van der Waals surface area contributed by atoms with Gasteiger partial charge in [-0.1, -0.05) is 53.8 Å². The van der Waals surface area contributed by atoms with Gasteiger partial charge in [0.05, 0.1) is 15.7 Å². The smallest absolute Gasteiger partial charge is 0.347 e. The van der Waals surface area contributed by atoms with E-state index in [0.29, 0.717) is 33.1 Å². The number of fused-ring (bicyclic) bond motifs is 1. The van der Waals surface area contributed by atoms with Gasteiger partial charge in [-0.15, -0.1) is 0 Å². The molecule has 1 amide bonds. The highest BCUT2D eigenvalue weighted by molar-refractivity contribution is 7.17. The summed E-state index contributed by atoms with van der Waals surface area (Å²) < 4.78 is 0. The molecule has 0 bridgehead atoms. The summed E-state index contributed by atoms with van der Waals surface area (Å²) in [7, 11) is 0. The van der Waals surface area contributed by atoms with E-state index < -0.39 is 5.97 Å². The molecule has 5 rings (SSSR count). The number of carbonyl (C=O) groups is 2. The van der Waals surface area contributed by atoms with Crippen LogP contribution in [0.4, 0.5) is 5.13 Å². The van der Waals surface area contributed by atoms with Crippen molar-refractivity contribution in [3.05, 3.63) is 32.0 Å². The molecule has 0 spiro atoms. The summed E-state index contributed by atoms with van der Waals surface area (Å²) >= 11 is 13.5. The Morgan fingerprint density at radius 3 is 2.42 bits per heavy atom. The van der Waals surface area contributed by atoms with E-state index in [1.807, 2.05) is 0 Å². The molecule has 0 radical (unpaired) electrons. The number of carboxylic acids is 1. The van der Waals surface area contributed by atoms with Crippen molar-refractivity contribution in [1.82, 2.24) is 15.3 Å².